The molecule has 1 aromatic rings. The van der Waals surface area contributed by atoms with E-state index in [2.05, 4.69) is 0 Å². The molecule has 0 aliphatic heterocycles. The van der Waals surface area contributed by atoms with Gasteiger partial charge in [-0.25, -0.2) is 17.5 Å². The third-order valence-corrected chi connectivity index (χ3v) is 3.65. The second-order valence-corrected chi connectivity index (χ2v) is 5.41. The van der Waals surface area contributed by atoms with Crippen molar-refractivity contribution in [1.82, 2.24) is 4.72 Å². The minimum atomic E-state index is -4.54. The molecule has 0 fully saturated rings. The topological polar surface area (TPSA) is 130 Å². The predicted molar refractivity (Wildman–Crippen MR) is 61.3 cm³/mol. The van der Waals surface area contributed by atoms with Gasteiger partial charge in [0.15, 0.2) is 0 Å². The summed E-state index contributed by atoms with van der Waals surface area (Å²) in [5.74, 6) is -3.03. The van der Waals surface area contributed by atoms with Gasteiger partial charge in [0.25, 0.3) is 0 Å². The second-order valence-electron chi connectivity index (χ2n) is 3.68. The molecule has 11 heteroatoms. The fraction of sp³-hybridized carbons (Fsp3) is 0.333. The van der Waals surface area contributed by atoms with Crippen LogP contribution in [0.2, 0.25) is 0 Å². The van der Waals surface area contributed by atoms with E-state index in [0.717, 1.165) is 0 Å². The first-order valence-corrected chi connectivity index (χ1v) is 6.59. The summed E-state index contributed by atoms with van der Waals surface area (Å²) in [5, 5.41) is 28.0. The molecular formula is C9H10F2N2O6S. The van der Waals surface area contributed by atoms with Gasteiger partial charge in [-0.1, -0.05) is 0 Å². The Labute approximate surface area is 111 Å². The maximum Gasteiger partial charge on any atom is 0.306 e. The fourth-order valence-electron chi connectivity index (χ4n) is 1.21. The van der Waals surface area contributed by atoms with Gasteiger partial charge in [0.2, 0.25) is 15.8 Å². The summed E-state index contributed by atoms with van der Waals surface area (Å²) in [7, 11) is -4.54. The summed E-state index contributed by atoms with van der Waals surface area (Å²) in [4.78, 5) is 8.15. The van der Waals surface area contributed by atoms with Crippen LogP contribution in [0.1, 0.15) is 0 Å². The number of aliphatic hydroxyl groups excluding tert-OH is 2. The van der Waals surface area contributed by atoms with Crippen molar-refractivity contribution in [2.75, 3.05) is 13.2 Å². The molecule has 0 aliphatic carbocycles. The van der Waals surface area contributed by atoms with E-state index in [1.165, 1.54) is 0 Å². The lowest BCUT2D eigenvalue weighted by Crippen LogP contribution is -2.34. The second kappa shape index (κ2) is 6.17. The minimum absolute atomic E-state index is 0.0785. The van der Waals surface area contributed by atoms with E-state index in [-0.39, 0.29) is 12.1 Å². The van der Waals surface area contributed by atoms with Crippen molar-refractivity contribution in [3.63, 3.8) is 0 Å². The monoisotopic (exact) mass is 312 g/mol. The molecule has 0 aliphatic rings. The SMILES string of the molecule is O=[N+]([O-])c1cc(S(=O)(=O)NCC(O)CO)c(F)cc1F. The zero-order chi connectivity index (χ0) is 15.5. The van der Waals surface area contributed by atoms with Crippen LogP contribution in [0.4, 0.5) is 14.5 Å². The van der Waals surface area contributed by atoms with Gasteiger partial charge < -0.3 is 10.2 Å². The number of rotatable bonds is 6. The van der Waals surface area contributed by atoms with Crippen LogP contribution in [0.5, 0.6) is 0 Å². The molecule has 0 heterocycles. The lowest BCUT2D eigenvalue weighted by atomic mass is 10.3. The van der Waals surface area contributed by atoms with E-state index in [1.807, 2.05) is 0 Å². The van der Waals surface area contributed by atoms with Crippen LogP contribution < -0.4 is 4.72 Å². The Hall–Kier alpha value is -1.69. The standard InChI is InChI=1S/C9H10F2N2O6S/c10-6-1-7(11)9(2-8(6)13(16)17)20(18,19)12-3-5(15)4-14/h1-2,5,12,14-15H,3-4H2. The Morgan fingerprint density at radius 3 is 2.45 bits per heavy atom. The Morgan fingerprint density at radius 1 is 1.35 bits per heavy atom. The molecular weight excluding hydrogens is 302 g/mol. The van der Waals surface area contributed by atoms with Gasteiger partial charge in [0.1, 0.15) is 10.7 Å². The van der Waals surface area contributed by atoms with Crippen LogP contribution in [0.25, 0.3) is 0 Å². The van der Waals surface area contributed by atoms with E-state index < -0.39 is 56.4 Å². The summed E-state index contributed by atoms with van der Waals surface area (Å²) in [6, 6.07) is 0.313. The smallest absolute Gasteiger partial charge is 0.306 e. The Balaban J connectivity index is 3.18. The van der Waals surface area contributed by atoms with Gasteiger partial charge in [-0.15, -0.1) is 0 Å². The van der Waals surface area contributed by atoms with Crippen molar-refractivity contribution >= 4 is 15.7 Å². The highest BCUT2D eigenvalue weighted by molar-refractivity contribution is 7.89. The highest BCUT2D eigenvalue weighted by Gasteiger charge is 2.26. The average Bonchev–Trinajstić information content (AvgIpc) is 2.35. The van der Waals surface area contributed by atoms with Gasteiger partial charge in [-0.05, 0) is 0 Å². The normalized spacial score (nSPS) is 13.2. The van der Waals surface area contributed by atoms with Gasteiger partial charge in [-0.2, -0.15) is 4.39 Å². The van der Waals surface area contributed by atoms with Gasteiger partial charge in [0.05, 0.1) is 17.6 Å². The molecule has 1 atom stereocenters. The quantitative estimate of drug-likeness (QED) is 0.480. The molecule has 0 aromatic heterocycles. The van der Waals surface area contributed by atoms with Crippen LogP contribution in [0, 0.1) is 21.7 Å². The summed E-state index contributed by atoms with van der Waals surface area (Å²) < 4.78 is 51.5. The number of hydrogen-bond donors (Lipinski definition) is 3. The lowest BCUT2D eigenvalue weighted by molar-refractivity contribution is -0.387. The van der Waals surface area contributed by atoms with Crippen molar-refractivity contribution in [3.05, 3.63) is 33.9 Å². The number of hydrogen-bond acceptors (Lipinski definition) is 6. The van der Waals surface area contributed by atoms with E-state index in [4.69, 9.17) is 10.2 Å². The Bertz CT molecular complexity index is 621. The van der Waals surface area contributed by atoms with Crippen molar-refractivity contribution in [3.8, 4) is 0 Å². The van der Waals surface area contributed by atoms with Crippen LogP contribution in [-0.2, 0) is 10.0 Å². The molecule has 0 spiro atoms. The molecule has 1 unspecified atom stereocenters. The number of aliphatic hydroxyl groups is 2. The van der Waals surface area contributed by atoms with E-state index in [0.29, 0.717) is 0 Å². The van der Waals surface area contributed by atoms with E-state index in [1.54, 1.807) is 4.72 Å². The number of sulfonamides is 1. The number of nitrogens with zero attached hydrogens (tertiary/aromatic N) is 1. The largest absolute Gasteiger partial charge is 0.394 e. The molecule has 112 valence electrons. The summed E-state index contributed by atoms with van der Waals surface area (Å²) in [6.07, 6.45) is -1.43. The van der Waals surface area contributed by atoms with E-state index >= 15 is 0 Å². The van der Waals surface area contributed by atoms with Crippen molar-refractivity contribution in [1.29, 1.82) is 0 Å². The minimum Gasteiger partial charge on any atom is -0.394 e. The molecule has 0 radical (unpaired) electrons. The van der Waals surface area contributed by atoms with Crippen LogP contribution in [0.3, 0.4) is 0 Å². The first-order valence-electron chi connectivity index (χ1n) is 5.11. The molecule has 3 N–H and O–H groups in total. The molecule has 1 rings (SSSR count). The lowest BCUT2D eigenvalue weighted by Gasteiger charge is -2.10. The predicted octanol–water partition coefficient (Wildman–Crippen LogP) is -0.496. The van der Waals surface area contributed by atoms with Gasteiger partial charge in [-0.3, -0.25) is 10.1 Å². The zero-order valence-corrected chi connectivity index (χ0v) is 10.6. The number of nitrogens with one attached hydrogen (secondary N) is 1. The highest BCUT2D eigenvalue weighted by Crippen LogP contribution is 2.24. The first-order chi connectivity index (χ1) is 9.19. The van der Waals surface area contributed by atoms with Crippen LogP contribution >= 0.6 is 0 Å². The van der Waals surface area contributed by atoms with Gasteiger partial charge in [0, 0.05) is 18.7 Å². The third kappa shape index (κ3) is 3.66. The molecule has 0 amide bonds. The highest BCUT2D eigenvalue weighted by atomic mass is 32.2. The van der Waals surface area contributed by atoms with Crippen molar-refractivity contribution in [2.24, 2.45) is 0 Å². The molecule has 8 nitrogen and oxygen atoms in total. The number of nitro groups is 1. The molecule has 20 heavy (non-hydrogen) atoms. The van der Waals surface area contributed by atoms with Crippen molar-refractivity contribution < 1.29 is 32.3 Å². The van der Waals surface area contributed by atoms with Gasteiger partial charge >= 0.3 is 5.69 Å². The number of benzene rings is 1. The zero-order valence-electron chi connectivity index (χ0n) is 9.79. The first kappa shape index (κ1) is 16.4. The molecule has 0 saturated heterocycles. The molecule has 0 saturated carbocycles. The maximum absolute atomic E-state index is 13.4. The Kier molecular flexibility index (Phi) is 5.05. The van der Waals surface area contributed by atoms with Crippen LogP contribution in [0.15, 0.2) is 17.0 Å². The number of halogens is 2. The van der Waals surface area contributed by atoms with Crippen LogP contribution in [-0.4, -0.2) is 42.8 Å². The summed E-state index contributed by atoms with van der Waals surface area (Å²) in [6.45, 7) is -1.38. The van der Waals surface area contributed by atoms with Crippen molar-refractivity contribution in [2.45, 2.75) is 11.0 Å². The maximum atomic E-state index is 13.4. The summed E-state index contributed by atoms with van der Waals surface area (Å²) >= 11 is 0. The third-order valence-electron chi connectivity index (χ3n) is 2.21. The Morgan fingerprint density at radius 2 is 1.95 bits per heavy atom. The average molecular weight is 312 g/mol. The summed E-state index contributed by atoms with van der Waals surface area (Å²) in [5.41, 5.74) is -1.20. The molecule has 1 aromatic carbocycles. The molecule has 0 bridgehead atoms. The fourth-order valence-corrected chi connectivity index (χ4v) is 2.36. The van der Waals surface area contributed by atoms with E-state index in [9.17, 15) is 27.3 Å². The number of nitro benzene ring substituents is 1.